The van der Waals surface area contributed by atoms with E-state index < -0.39 is 5.97 Å². The van der Waals surface area contributed by atoms with Gasteiger partial charge in [-0.3, -0.25) is 4.79 Å². The molecule has 0 saturated carbocycles. The summed E-state index contributed by atoms with van der Waals surface area (Å²) >= 11 is 1.64. The summed E-state index contributed by atoms with van der Waals surface area (Å²) in [5.74, 6) is -0.993. The molecule has 2 aromatic heterocycles. The number of carboxylic acids is 1. The molecule has 4 nitrogen and oxygen atoms in total. The predicted molar refractivity (Wildman–Crippen MR) is 80.0 cm³/mol. The number of hydrogen-bond donors (Lipinski definition) is 1. The van der Waals surface area contributed by atoms with Crippen LogP contribution in [-0.4, -0.2) is 15.6 Å². The molecule has 0 aliphatic rings. The Bertz CT molecular complexity index is 721. The number of aryl methyl sites for hydroxylation is 3. The summed E-state index contributed by atoms with van der Waals surface area (Å²) in [6.07, 6.45) is 0. The molecule has 0 atom stereocenters. The minimum absolute atomic E-state index is 0.159. The van der Waals surface area contributed by atoms with Gasteiger partial charge in [0.05, 0.1) is 12.1 Å². The average Bonchev–Trinajstić information content (AvgIpc) is 2.63. The fraction of sp³-hybridized carbons (Fsp3) is 0.333. The fourth-order valence-corrected chi connectivity index (χ4v) is 3.37. The van der Waals surface area contributed by atoms with E-state index in [1.165, 1.54) is 21.1 Å². The van der Waals surface area contributed by atoms with E-state index in [4.69, 9.17) is 0 Å². The largest absolute Gasteiger partial charge is 0.478 e. The van der Waals surface area contributed by atoms with Crippen molar-refractivity contribution in [2.24, 2.45) is 0 Å². The van der Waals surface area contributed by atoms with E-state index >= 15 is 0 Å². The second-order valence-corrected chi connectivity index (χ2v) is 6.31. The van der Waals surface area contributed by atoms with E-state index in [-0.39, 0.29) is 11.1 Å². The van der Waals surface area contributed by atoms with Gasteiger partial charge < -0.3 is 9.67 Å². The molecule has 0 amide bonds. The van der Waals surface area contributed by atoms with Crippen LogP contribution in [-0.2, 0) is 6.54 Å². The van der Waals surface area contributed by atoms with E-state index in [1.54, 1.807) is 25.2 Å². The second kappa shape index (κ2) is 5.25. The smallest absolute Gasteiger partial charge is 0.337 e. The maximum absolute atomic E-state index is 12.1. The lowest BCUT2D eigenvalue weighted by Gasteiger charge is -2.13. The molecule has 0 aliphatic carbocycles. The van der Waals surface area contributed by atoms with Crippen LogP contribution in [0.4, 0.5) is 0 Å². The van der Waals surface area contributed by atoms with Crippen molar-refractivity contribution in [3.05, 3.63) is 54.6 Å². The minimum atomic E-state index is -0.993. The van der Waals surface area contributed by atoms with E-state index in [0.717, 1.165) is 4.88 Å². The van der Waals surface area contributed by atoms with Crippen LogP contribution in [0.2, 0.25) is 0 Å². The van der Waals surface area contributed by atoms with Gasteiger partial charge in [0.2, 0.25) is 0 Å². The summed E-state index contributed by atoms with van der Waals surface area (Å²) in [6, 6.07) is 3.44. The van der Waals surface area contributed by atoms with Crippen LogP contribution in [0.3, 0.4) is 0 Å². The number of thiophene rings is 1. The van der Waals surface area contributed by atoms with E-state index in [1.807, 2.05) is 19.9 Å². The zero-order valence-corrected chi connectivity index (χ0v) is 12.8. The van der Waals surface area contributed by atoms with Crippen LogP contribution in [0.25, 0.3) is 0 Å². The van der Waals surface area contributed by atoms with Crippen molar-refractivity contribution in [2.45, 2.75) is 34.2 Å². The molecule has 2 heterocycles. The first-order valence-electron chi connectivity index (χ1n) is 6.31. The summed E-state index contributed by atoms with van der Waals surface area (Å²) in [7, 11) is 0. The highest BCUT2D eigenvalue weighted by Crippen LogP contribution is 2.22. The number of pyridine rings is 1. The van der Waals surface area contributed by atoms with Gasteiger partial charge in [0.25, 0.3) is 5.56 Å². The van der Waals surface area contributed by atoms with Crippen LogP contribution < -0.4 is 5.56 Å². The zero-order chi connectivity index (χ0) is 15.0. The molecular weight excluding hydrogens is 274 g/mol. The Morgan fingerprint density at radius 3 is 2.35 bits per heavy atom. The van der Waals surface area contributed by atoms with Crippen molar-refractivity contribution in [1.82, 2.24) is 4.57 Å². The first-order valence-corrected chi connectivity index (χ1v) is 7.13. The topological polar surface area (TPSA) is 59.3 Å². The highest BCUT2D eigenvalue weighted by Gasteiger charge is 2.16. The van der Waals surface area contributed by atoms with Gasteiger partial charge in [0.1, 0.15) is 0 Å². The number of aromatic carboxylic acids is 1. The Balaban J connectivity index is 2.54. The van der Waals surface area contributed by atoms with E-state index in [0.29, 0.717) is 17.8 Å². The molecule has 106 valence electrons. The van der Waals surface area contributed by atoms with Gasteiger partial charge in [-0.15, -0.1) is 11.3 Å². The summed E-state index contributed by atoms with van der Waals surface area (Å²) in [4.78, 5) is 25.7. The molecular formula is C15H17NO3S. The zero-order valence-electron chi connectivity index (χ0n) is 12.0. The lowest BCUT2D eigenvalue weighted by molar-refractivity contribution is 0.0694. The Morgan fingerprint density at radius 2 is 1.85 bits per heavy atom. The number of hydrogen-bond acceptors (Lipinski definition) is 3. The van der Waals surface area contributed by atoms with Gasteiger partial charge in [-0.2, -0.15) is 0 Å². The molecule has 2 aromatic rings. The molecule has 0 aliphatic heterocycles. The van der Waals surface area contributed by atoms with Crippen molar-refractivity contribution < 1.29 is 9.90 Å². The number of rotatable bonds is 3. The molecule has 20 heavy (non-hydrogen) atoms. The van der Waals surface area contributed by atoms with Gasteiger partial charge in [0.15, 0.2) is 0 Å². The third-order valence-corrected chi connectivity index (χ3v) is 4.65. The first-order chi connectivity index (χ1) is 9.31. The molecule has 0 spiro atoms. The third kappa shape index (κ3) is 2.54. The molecule has 2 rings (SSSR count). The molecule has 0 saturated heterocycles. The number of nitrogens with zero attached hydrogens (tertiary/aromatic N) is 1. The SMILES string of the molecule is Cc1cc(Cn2c(C)c(C(=O)O)c(C)cc2=O)sc1C. The quantitative estimate of drug-likeness (QED) is 0.946. The lowest BCUT2D eigenvalue weighted by atomic mass is 10.1. The van der Waals surface area contributed by atoms with Gasteiger partial charge >= 0.3 is 5.97 Å². The van der Waals surface area contributed by atoms with Crippen molar-refractivity contribution in [3.63, 3.8) is 0 Å². The molecule has 1 N–H and O–H groups in total. The van der Waals surface area contributed by atoms with Crippen molar-refractivity contribution in [1.29, 1.82) is 0 Å². The van der Waals surface area contributed by atoms with Crippen LogP contribution in [0, 0.1) is 27.7 Å². The average molecular weight is 291 g/mol. The monoisotopic (exact) mass is 291 g/mol. The number of carboxylic acid groups (broad SMARTS) is 1. The predicted octanol–water partition coefficient (Wildman–Crippen LogP) is 2.89. The van der Waals surface area contributed by atoms with Gasteiger partial charge in [0, 0.05) is 21.5 Å². The van der Waals surface area contributed by atoms with Gasteiger partial charge in [-0.25, -0.2) is 4.79 Å². The molecule has 5 heteroatoms. The van der Waals surface area contributed by atoms with Crippen LogP contribution in [0.15, 0.2) is 16.9 Å². The highest BCUT2D eigenvalue weighted by atomic mass is 32.1. The maximum Gasteiger partial charge on any atom is 0.337 e. The summed E-state index contributed by atoms with van der Waals surface area (Å²) in [5.41, 5.74) is 2.27. The van der Waals surface area contributed by atoms with Crippen LogP contribution in [0.1, 0.15) is 36.9 Å². The Morgan fingerprint density at radius 1 is 1.20 bits per heavy atom. The van der Waals surface area contributed by atoms with Crippen molar-refractivity contribution in [3.8, 4) is 0 Å². The fourth-order valence-electron chi connectivity index (χ4n) is 2.32. The molecule has 0 bridgehead atoms. The van der Waals surface area contributed by atoms with Crippen LogP contribution >= 0.6 is 11.3 Å². The molecule has 0 fully saturated rings. The van der Waals surface area contributed by atoms with Crippen molar-refractivity contribution >= 4 is 17.3 Å². The van der Waals surface area contributed by atoms with Gasteiger partial charge in [-0.05, 0) is 44.9 Å². The molecule has 0 unspecified atom stereocenters. The van der Waals surface area contributed by atoms with E-state index in [9.17, 15) is 14.7 Å². The molecule has 0 aromatic carbocycles. The highest BCUT2D eigenvalue weighted by molar-refractivity contribution is 7.12. The third-order valence-electron chi connectivity index (χ3n) is 3.51. The minimum Gasteiger partial charge on any atom is -0.478 e. The Labute approximate surface area is 121 Å². The maximum atomic E-state index is 12.1. The lowest BCUT2D eigenvalue weighted by Crippen LogP contribution is -2.25. The number of carbonyl (C=O) groups is 1. The standard InChI is InChI=1S/C15H17NO3S/c1-8-5-12(20-11(8)4)7-16-10(3)14(15(18)19)9(2)6-13(16)17/h5-6H,7H2,1-4H3,(H,18,19). The summed E-state index contributed by atoms with van der Waals surface area (Å²) in [5, 5.41) is 9.26. The van der Waals surface area contributed by atoms with Crippen molar-refractivity contribution in [2.75, 3.05) is 0 Å². The Kier molecular flexibility index (Phi) is 3.81. The van der Waals surface area contributed by atoms with Crippen LogP contribution in [0.5, 0.6) is 0 Å². The second-order valence-electron chi connectivity index (χ2n) is 4.97. The van der Waals surface area contributed by atoms with E-state index in [2.05, 4.69) is 0 Å². The normalized spacial score (nSPS) is 10.8. The molecule has 0 radical (unpaired) electrons. The van der Waals surface area contributed by atoms with Gasteiger partial charge in [-0.1, -0.05) is 0 Å². The summed E-state index contributed by atoms with van der Waals surface area (Å²) < 4.78 is 1.53. The first kappa shape index (κ1) is 14.5. The Hall–Kier alpha value is -1.88. The number of aromatic nitrogens is 1. The summed E-state index contributed by atoms with van der Waals surface area (Å²) in [6.45, 7) is 7.83.